The van der Waals surface area contributed by atoms with Gasteiger partial charge in [-0.1, -0.05) is 18.2 Å². The van der Waals surface area contributed by atoms with Crippen molar-refractivity contribution in [2.24, 2.45) is 5.73 Å². The summed E-state index contributed by atoms with van der Waals surface area (Å²) in [6, 6.07) is 11.7. The van der Waals surface area contributed by atoms with Gasteiger partial charge in [-0.15, -0.1) is 0 Å². The SMILES string of the molecule is NCC(=O)OCc1ccccc1C(=O)n1cc(NC(=O)Nc2ccc(SC(F)(F)F)cc2)c2cc(F)c(F)cc21. The van der Waals surface area contributed by atoms with Gasteiger partial charge in [0.2, 0.25) is 0 Å². The maximum atomic E-state index is 14.2. The summed E-state index contributed by atoms with van der Waals surface area (Å²) < 4.78 is 71.9. The first-order valence-electron chi connectivity index (χ1n) is 11.4. The van der Waals surface area contributed by atoms with Crippen LogP contribution in [-0.2, 0) is 16.1 Å². The van der Waals surface area contributed by atoms with Gasteiger partial charge < -0.3 is 21.1 Å². The minimum absolute atomic E-state index is 0.00799. The number of aromatic nitrogens is 1. The van der Waals surface area contributed by atoms with Crippen molar-refractivity contribution in [1.82, 2.24) is 4.57 Å². The summed E-state index contributed by atoms with van der Waals surface area (Å²) in [5, 5.41) is 4.86. The molecule has 1 aromatic heterocycles. The lowest BCUT2D eigenvalue weighted by molar-refractivity contribution is -0.143. The Bertz CT molecular complexity index is 1590. The Morgan fingerprint density at radius 3 is 2.30 bits per heavy atom. The molecule has 0 aliphatic rings. The van der Waals surface area contributed by atoms with Gasteiger partial charge >= 0.3 is 17.5 Å². The number of carbonyl (C=O) groups is 3. The van der Waals surface area contributed by atoms with Crippen LogP contribution in [0.3, 0.4) is 0 Å². The average molecular weight is 579 g/mol. The summed E-state index contributed by atoms with van der Waals surface area (Å²) in [5.74, 6) is -3.86. The minimum atomic E-state index is -4.47. The largest absolute Gasteiger partial charge is 0.460 e. The van der Waals surface area contributed by atoms with E-state index in [1.54, 1.807) is 12.1 Å². The molecule has 4 rings (SSSR count). The van der Waals surface area contributed by atoms with Gasteiger partial charge in [-0.3, -0.25) is 14.2 Å². The third-order valence-corrected chi connectivity index (χ3v) is 6.20. The fraction of sp³-hybridized carbons (Fsp3) is 0.115. The molecule has 0 unspecified atom stereocenters. The summed E-state index contributed by atoms with van der Waals surface area (Å²) >= 11 is -0.314. The van der Waals surface area contributed by atoms with E-state index in [1.165, 1.54) is 36.4 Å². The van der Waals surface area contributed by atoms with Crippen molar-refractivity contribution in [3.63, 3.8) is 0 Å². The number of amides is 2. The van der Waals surface area contributed by atoms with Crippen LogP contribution in [0, 0.1) is 11.6 Å². The Labute approximate surface area is 227 Å². The first-order chi connectivity index (χ1) is 18.9. The van der Waals surface area contributed by atoms with Crippen LogP contribution in [0.1, 0.15) is 15.9 Å². The highest BCUT2D eigenvalue weighted by Gasteiger charge is 2.29. The van der Waals surface area contributed by atoms with Crippen LogP contribution in [0.15, 0.2) is 71.8 Å². The summed E-state index contributed by atoms with van der Waals surface area (Å²) in [6.07, 6.45) is 1.16. The summed E-state index contributed by atoms with van der Waals surface area (Å²) in [4.78, 5) is 37.5. The van der Waals surface area contributed by atoms with E-state index < -0.39 is 35.1 Å². The second kappa shape index (κ2) is 11.8. The third kappa shape index (κ3) is 6.76. The van der Waals surface area contributed by atoms with Gasteiger partial charge in [-0.2, -0.15) is 13.2 Å². The van der Waals surface area contributed by atoms with Crippen LogP contribution < -0.4 is 16.4 Å². The molecule has 3 aromatic carbocycles. The molecule has 0 aliphatic carbocycles. The third-order valence-electron chi connectivity index (χ3n) is 5.46. The zero-order valence-corrected chi connectivity index (χ0v) is 21.0. The van der Waals surface area contributed by atoms with Gasteiger partial charge in [-0.05, 0) is 48.2 Å². The summed E-state index contributed by atoms with van der Waals surface area (Å²) in [6.45, 7) is -0.634. The molecule has 4 aromatic rings. The smallest absolute Gasteiger partial charge is 0.446 e. The summed E-state index contributed by atoms with van der Waals surface area (Å²) in [7, 11) is 0. The highest BCUT2D eigenvalue weighted by atomic mass is 32.2. The molecule has 0 saturated heterocycles. The lowest BCUT2D eigenvalue weighted by Gasteiger charge is -2.10. The number of ether oxygens (including phenoxy) is 1. The van der Waals surface area contributed by atoms with Gasteiger partial charge in [0, 0.05) is 39.4 Å². The van der Waals surface area contributed by atoms with Crippen LogP contribution in [0.5, 0.6) is 0 Å². The Morgan fingerprint density at radius 1 is 0.950 bits per heavy atom. The van der Waals surface area contributed by atoms with E-state index in [0.717, 1.165) is 22.9 Å². The average Bonchev–Trinajstić information content (AvgIpc) is 3.24. The van der Waals surface area contributed by atoms with E-state index >= 15 is 0 Å². The van der Waals surface area contributed by atoms with Crippen molar-refractivity contribution in [3.05, 3.63) is 89.6 Å². The van der Waals surface area contributed by atoms with Crippen LogP contribution in [0.2, 0.25) is 0 Å². The Kier molecular flexibility index (Phi) is 8.40. The van der Waals surface area contributed by atoms with E-state index in [4.69, 9.17) is 10.5 Å². The maximum Gasteiger partial charge on any atom is 0.446 e. The lowest BCUT2D eigenvalue weighted by atomic mass is 10.1. The van der Waals surface area contributed by atoms with Crippen molar-refractivity contribution in [2.75, 3.05) is 17.2 Å². The lowest BCUT2D eigenvalue weighted by Crippen LogP contribution is -2.19. The van der Waals surface area contributed by atoms with Crippen LogP contribution in [0.25, 0.3) is 10.9 Å². The Hall–Kier alpha value is -4.43. The number of halogens is 5. The summed E-state index contributed by atoms with van der Waals surface area (Å²) in [5.41, 5.74) is 1.20. The number of nitrogens with zero attached hydrogens (tertiary/aromatic N) is 1. The number of nitrogens with two attached hydrogens (primary N) is 1. The molecule has 0 bridgehead atoms. The van der Waals surface area contributed by atoms with Crippen LogP contribution in [-0.4, -0.2) is 34.5 Å². The van der Waals surface area contributed by atoms with Crippen molar-refractivity contribution in [3.8, 4) is 0 Å². The number of urea groups is 1. The Balaban J connectivity index is 1.62. The molecule has 2 amide bonds. The van der Waals surface area contributed by atoms with E-state index in [9.17, 15) is 36.3 Å². The van der Waals surface area contributed by atoms with Gasteiger partial charge in [0.1, 0.15) is 6.61 Å². The number of benzene rings is 3. The maximum absolute atomic E-state index is 14.2. The zero-order chi connectivity index (χ0) is 29.0. The van der Waals surface area contributed by atoms with E-state index in [-0.39, 0.29) is 57.7 Å². The molecule has 8 nitrogen and oxygen atoms in total. The van der Waals surface area contributed by atoms with Gasteiger partial charge in [0.05, 0.1) is 17.7 Å². The molecule has 0 radical (unpaired) electrons. The normalized spacial score (nSPS) is 11.3. The molecule has 40 heavy (non-hydrogen) atoms. The second-order valence-electron chi connectivity index (χ2n) is 8.17. The predicted molar refractivity (Wildman–Crippen MR) is 138 cm³/mol. The Morgan fingerprint density at radius 2 is 1.62 bits per heavy atom. The number of hydrogen-bond donors (Lipinski definition) is 3. The van der Waals surface area contributed by atoms with Crippen molar-refractivity contribution >= 4 is 51.9 Å². The second-order valence-corrected chi connectivity index (χ2v) is 9.31. The molecule has 0 saturated carbocycles. The van der Waals surface area contributed by atoms with E-state index in [1.807, 2.05) is 0 Å². The molecular weight excluding hydrogens is 559 g/mol. The first-order valence-corrected chi connectivity index (χ1v) is 12.2. The minimum Gasteiger partial charge on any atom is -0.460 e. The standard InChI is InChI=1S/C26H19F5N4O4S/c27-19-9-18-21(34-25(38)33-15-5-7-16(8-6-15)40-26(29,30)31)12-35(22(18)10-20(19)28)24(37)17-4-2-1-3-14(17)13-39-23(36)11-32/h1-10,12H,11,13,32H2,(H2,33,34,38). The molecule has 4 N–H and O–H groups in total. The van der Waals surface area contributed by atoms with Crippen molar-refractivity contribution in [1.29, 1.82) is 0 Å². The molecule has 0 atom stereocenters. The van der Waals surface area contributed by atoms with Crippen LogP contribution in [0.4, 0.5) is 38.1 Å². The number of fused-ring (bicyclic) bond motifs is 1. The number of esters is 1. The molecule has 0 aliphatic heterocycles. The quantitative estimate of drug-likeness (QED) is 0.144. The molecule has 0 fully saturated rings. The number of thioether (sulfide) groups is 1. The van der Waals surface area contributed by atoms with Crippen molar-refractivity contribution < 1.29 is 41.1 Å². The number of rotatable bonds is 7. The van der Waals surface area contributed by atoms with Crippen molar-refractivity contribution in [2.45, 2.75) is 17.0 Å². The van der Waals surface area contributed by atoms with Gasteiger partial charge in [0.25, 0.3) is 5.91 Å². The van der Waals surface area contributed by atoms with E-state index in [0.29, 0.717) is 5.56 Å². The number of anilines is 2. The highest BCUT2D eigenvalue weighted by molar-refractivity contribution is 8.00. The zero-order valence-electron chi connectivity index (χ0n) is 20.2. The molecule has 208 valence electrons. The van der Waals surface area contributed by atoms with E-state index in [2.05, 4.69) is 10.6 Å². The fourth-order valence-electron chi connectivity index (χ4n) is 3.71. The fourth-order valence-corrected chi connectivity index (χ4v) is 4.25. The number of nitrogens with one attached hydrogen (secondary N) is 2. The topological polar surface area (TPSA) is 115 Å². The number of hydrogen-bond acceptors (Lipinski definition) is 6. The number of carbonyl (C=O) groups excluding carboxylic acids is 3. The molecule has 0 spiro atoms. The highest BCUT2D eigenvalue weighted by Crippen LogP contribution is 2.37. The predicted octanol–water partition coefficient (Wildman–Crippen LogP) is 5.87. The molecular formula is C26H19F5N4O4S. The first kappa shape index (κ1) is 28.6. The van der Waals surface area contributed by atoms with Crippen LogP contribution >= 0.6 is 11.8 Å². The van der Waals surface area contributed by atoms with Gasteiger partial charge in [0.15, 0.2) is 11.6 Å². The molecule has 1 heterocycles. The monoisotopic (exact) mass is 578 g/mol. The van der Waals surface area contributed by atoms with Gasteiger partial charge in [-0.25, -0.2) is 13.6 Å². The molecule has 14 heteroatoms. The number of alkyl halides is 3.